The van der Waals surface area contributed by atoms with Crippen LogP contribution >= 0.6 is 11.6 Å². The molecule has 8 nitrogen and oxygen atoms in total. The minimum atomic E-state index is -3.94. The lowest BCUT2D eigenvalue weighted by molar-refractivity contribution is -0.142. The number of nitrogens with zero attached hydrogens (tertiary/aromatic N) is 1. The van der Waals surface area contributed by atoms with Crippen LogP contribution in [0.2, 0.25) is 5.02 Å². The Hall–Kier alpha value is -4.41. The number of anilines is 1. The fourth-order valence-corrected chi connectivity index (χ4v) is 5.62. The molecule has 0 aromatic heterocycles. The largest absolute Gasteiger partial charge is 0.484 e. The average molecular weight is 652 g/mol. The zero-order valence-electron chi connectivity index (χ0n) is 25.0. The molecule has 2 N–H and O–H groups in total. The lowest BCUT2D eigenvalue weighted by Crippen LogP contribution is -2.52. The minimum absolute atomic E-state index is 0.0420. The molecule has 0 aliphatic heterocycles. The quantitative estimate of drug-likeness (QED) is 0.172. The van der Waals surface area contributed by atoms with Crippen LogP contribution in [-0.2, 0) is 32.6 Å². The molecule has 4 rings (SSSR count). The highest BCUT2D eigenvalue weighted by Gasteiger charge is 2.31. The topological polar surface area (TPSA) is 105 Å². The number of sulfonamides is 1. The molecular weight excluding hydrogens is 617 g/mol. The number of amides is 2. The summed E-state index contributed by atoms with van der Waals surface area (Å²) < 4.78 is 46.9. The summed E-state index contributed by atoms with van der Waals surface area (Å²) in [5.74, 6) is -0.714. The van der Waals surface area contributed by atoms with Gasteiger partial charge in [-0.1, -0.05) is 67.9 Å². The first kappa shape index (κ1) is 33.5. The third kappa shape index (κ3) is 10.1. The lowest BCUT2D eigenvalue weighted by Gasteiger charge is -2.31. The molecule has 4 aromatic rings. The summed E-state index contributed by atoms with van der Waals surface area (Å²) in [5.41, 5.74) is 1.89. The van der Waals surface area contributed by atoms with Gasteiger partial charge in [0.1, 0.15) is 17.6 Å². The van der Waals surface area contributed by atoms with E-state index in [1.54, 1.807) is 24.3 Å². The van der Waals surface area contributed by atoms with Crippen molar-refractivity contribution in [2.24, 2.45) is 5.92 Å². The van der Waals surface area contributed by atoms with Gasteiger partial charge < -0.3 is 15.0 Å². The molecule has 0 unspecified atom stereocenters. The van der Waals surface area contributed by atoms with E-state index in [-0.39, 0.29) is 41.1 Å². The maximum Gasteiger partial charge on any atom is 0.261 e. The van der Waals surface area contributed by atoms with Crippen LogP contribution in [0.3, 0.4) is 0 Å². The van der Waals surface area contributed by atoms with Gasteiger partial charge in [0.25, 0.3) is 15.9 Å². The second kappa shape index (κ2) is 15.5. The Morgan fingerprint density at radius 1 is 0.867 bits per heavy atom. The van der Waals surface area contributed by atoms with Crippen molar-refractivity contribution in [1.82, 2.24) is 10.2 Å². The Morgan fingerprint density at radius 2 is 1.51 bits per heavy atom. The summed E-state index contributed by atoms with van der Waals surface area (Å²) in [6.45, 7) is 4.18. The van der Waals surface area contributed by atoms with Gasteiger partial charge in [0, 0.05) is 30.2 Å². The number of nitrogens with one attached hydrogen (secondary N) is 2. The van der Waals surface area contributed by atoms with Crippen LogP contribution in [0.4, 0.5) is 10.1 Å². The fourth-order valence-electron chi connectivity index (χ4n) is 4.44. The summed E-state index contributed by atoms with van der Waals surface area (Å²) in [7, 11) is -3.94. The van der Waals surface area contributed by atoms with Gasteiger partial charge in [0.15, 0.2) is 6.61 Å². The van der Waals surface area contributed by atoms with E-state index < -0.39 is 34.4 Å². The van der Waals surface area contributed by atoms with Crippen molar-refractivity contribution in [3.05, 3.63) is 125 Å². The van der Waals surface area contributed by atoms with Crippen molar-refractivity contribution < 1.29 is 27.1 Å². The molecule has 0 aliphatic rings. The van der Waals surface area contributed by atoms with Gasteiger partial charge in [-0.25, -0.2) is 12.8 Å². The molecule has 45 heavy (non-hydrogen) atoms. The smallest absolute Gasteiger partial charge is 0.261 e. The van der Waals surface area contributed by atoms with E-state index in [0.717, 1.165) is 23.3 Å². The molecule has 0 saturated carbocycles. The number of benzene rings is 4. The second-order valence-corrected chi connectivity index (χ2v) is 13.0. The van der Waals surface area contributed by atoms with Crippen molar-refractivity contribution in [2.75, 3.05) is 17.9 Å². The molecule has 0 heterocycles. The number of halogens is 2. The third-order valence-electron chi connectivity index (χ3n) is 6.81. The van der Waals surface area contributed by atoms with Gasteiger partial charge in [-0.3, -0.25) is 14.3 Å². The summed E-state index contributed by atoms with van der Waals surface area (Å²) >= 11 is 6.08. The van der Waals surface area contributed by atoms with E-state index in [1.165, 1.54) is 41.3 Å². The fraction of sp³-hybridized carbons (Fsp3) is 0.235. The van der Waals surface area contributed by atoms with Crippen molar-refractivity contribution in [2.45, 2.75) is 37.8 Å². The average Bonchev–Trinajstić information content (AvgIpc) is 3.03. The predicted molar refractivity (Wildman–Crippen MR) is 173 cm³/mol. The molecule has 2 amide bonds. The SMILES string of the molecule is CC(C)CNC(=O)[C@@H](Cc1ccccc1)N(Cc1ccc(Cl)cc1)C(=O)COc1ccc(S(=O)(=O)Nc2ccc(F)cc2)cc1. The zero-order valence-corrected chi connectivity index (χ0v) is 26.5. The molecular formula is C34H35ClFN3O5S. The third-order valence-corrected chi connectivity index (χ3v) is 8.46. The number of carbonyl (C=O) groups is 2. The van der Waals surface area contributed by atoms with E-state index >= 15 is 0 Å². The zero-order chi connectivity index (χ0) is 32.4. The van der Waals surface area contributed by atoms with Gasteiger partial charge in [-0.15, -0.1) is 0 Å². The molecule has 236 valence electrons. The van der Waals surface area contributed by atoms with Crippen LogP contribution in [0.5, 0.6) is 5.75 Å². The summed E-state index contributed by atoms with van der Waals surface area (Å²) in [6, 6.07) is 26.2. The molecule has 11 heteroatoms. The first-order valence-corrected chi connectivity index (χ1v) is 16.2. The minimum Gasteiger partial charge on any atom is -0.484 e. The van der Waals surface area contributed by atoms with E-state index in [9.17, 15) is 22.4 Å². The molecule has 0 fully saturated rings. The molecule has 0 radical (unpaired) electrons. The molecule has 0 aliphatic carbocycles. The number of carbonyl (C=O) groups excluding carboxylic acids is 2. The summed E-state index contributed by atoms with van der Waals surface area (Å²) in [4.78, 5) is 28.8. The van der Waals surface area contributed by atoms with Crippen LogP contribution in [-0.4, -0.2) is 44.3 Å². The second-order valence-electron chi connectivity index (χ2n) is 10.9. The van der Waals surface area contributed by atoms with E-state index in [1.807, 2.05) is 44.2 Å². The van der Waals surface area contributed by atoms with Crippen LogP contribution in [0, 0.1) is 11.7 Å². The number of hydrogen-bond acceptors (Lipinski definition) is 5. The molecule has 0 saturated heterocycles. The lowest BCUT2D eigenvalue weighted by atomic mass is 10.0. The number of ether oxygens (including phenoxy) is 1. The standard InChI is InChI=1S/C34H35ClFN3O5S/c1-24(2)21-37-34(41)32(20-25-6-4-3-5-7-25)39(22-26-8-10-27(35)11-9-26)33(40)23-44-30-16-18-31(19-17-30)45(42,43)38-29-14-12-28(36)13-15-29/h3-19,24,32,38H,20-23H2,1-2H3,(H,37,41)/t32-/m1/s1. The van der Waals surface area contributed by atoms with Crippen LogP contribution in [0.25, 0.3) is 0 Å². The number of rotatable bonds is 14. The monoisotopic (exact) mass is 651 g/mol. The highest BCUT2D eigenvalue weighted by Crippen LogP contribution is 2.21. The molecule has 1 atom stereocenters. The Kier molecular flexibility index (Phi) is 11.6. The van der Waals surface area contributed by atoms with Crippen molar-refractivity contribution >= 4 is 39.1 Å². The van der Waals surface area contributed by atoms with E-state index in [2.05, 4.69) is 10.0 Å². The molecule has 0 spiro atoms. The van der Waals surface area contributed by atoms with Gasteiger partial charge in [0.05, 0.1) is 4.90 Å². The Morgan fingerprint density at radius 3 is 2.13 bits per heavy atom. The van der Waals surface area contributed by atoms with E-state index in [0.29, 0.717) is 11.6 Å². The first-order chi connectivity index (χ1) is 21.5. The summed E-state index contributed by atoms with van der Waals surface area (Å²) in [5, 5.41) is 3.52. The Labute approximate surface area is 268 Å². The maximum atomic E-state index is 13.8. The van der Waals surface area contributed by atoms with E-state index in [4.69, 9.17) is 16.3 Å². The van der Waals surface area contributed by atoms with Gasteiger partial charge in [-0.2, -0.15) is 0 Å². The Balaban J connectivity index is 1.53. The number of hydrogen-bond donors (Lipinski definition) is 2. The van der Waals surface area contributed by atoms with Gasteiger partial charge >= 0.3 is 0 Å². The molecule has 4 aromatic carbocycles. The normalized spacial score (nSPS) is 11.9. The Bertz CT molecular complexity index is 1670. The van der Waals surface area contributed by atoms with Gasteiger partial charge in [-0.05, 0) is 77.7 Å². The molecule has 0 bridgehead atoms. The van der Waals surface area contributed by atoms with Crippen LogP contribution in [0.15, 0.2) is 108 Å². The van der Waals surface area contributed by atoms with Crippen molar-refractivity contribution in [3.8, 4) is 5.75 Å². The highest BCUT2D eigenvalue weighted by molar-refractivity contribution is 7.92. The van der Waals surface area contributed by atoms with Crippen LogP contribution in [0.1, 0.15) is 25.0 Å². The van der Waals surface area contributed by atoms with Crippen molar-refractivity contribution in [1.29, 1.82) is 0 Å². The predicted octanol–water partition coefficient (Wildman–Crippen LogP) is 6.07. The summed E-state index contributed by atoms with van der Waals surface area (Å²) in [6.07, 6.45) is 0.289. The van der Waals surface area contributed by atoms with Gasteiger partial charge in [0.2, 0.25) is 5.91 Å². The highest BCUT2D eigenvalue weighted by atomic mass is 35.5. The van der Waals surface area contributed by atoms with Crippen molar-refractivity contribution in [3.63, 3.8) is 0 Å². The first-order valence-electron chi connectivity index (χ1n) is 14.4. The van der Waals surface area contributed by atoms with Crippen LogP contribution < -0.4 is 14.8 Å². The maximum absolute atomic E-state index is 13.8.